The summed E-state index contributed by atoms with van der Waals surface area (Å²) >= 11 is 0. The molecule has 0 fully saturated rings. The molecule has 2 aromatic heterocycles. The average molecular weight is 536 g/mol. The summed E-state index contributed by atoms with van der Waals surface area (Å²) in [5.74, 6) is 0.108. The number of imidazole rings is 1. The molecule has 9 nitrogen and oxygen atoms in total. The maximum absolute atomic E-state index is 11.2. The van der Waals surface area contributed by atoms with E-state index in [2.05, 4.69) is 21.9 Å². The number of H-pyrrole nitrogens is 1. The fourth-order valence-electron chi connectivity index (χ4n) is 1.03. The fourth-order valence-corrected chi connectivity index (χ4v) is 1.03. The Morgan fingerprint density at radius 1 is 1.32 bits per heavy atom. The monoisotopic (exact) mass is 536 g/mol. The number of rotatable bonds is 0. The molecule has 0 aliphatic heterocycles. The molecule has 0 aliphatic rings. The summed E-state index contributed by atoms with van der Waals surface area (Å²) in [5.41, 5.74) is 5.85. The first kappa shape index (κ1) is 42.8. The van der Waals surface area contributed by atoms with E-state index in [1.165, 1.54) is 6.33 Å². The molecule has 0 unspecified atom stereocenters. The minimum Gasteiger partial charge on any atom is -0.693 e. The van der Waals surface area contributed by atoms with Gasteiger partial charge >= 0.3 is 21.1 Å². The third-order valence-corrected chi connectivity index (χ3v) is 1.59. The molecule has 0 amide bonds. The van der Waals surface area contributed by atoms with Crippen LogP contribution in [-0.2, 0) is 44.9 Å². The molecular weight excluding hydrogens is 514 g/mol. The molecule has 135 valence electrons. The Labute approximate surface area is 156 Å². The largest absolute Gasteiger partial charge is 2.00 e. The van der Waals surface area contributed by atoms with Gasteiger partial charge in [0.1, 0.15) is 0 Å². The topological polar surface area (TPSA) is 180 Å². The van der Waals surface area contributed by atoms with Crippen LogP contribution in [0.2, 0.25) is 0 Å². The molecule has 7 N–H and O–H groups in total. The van der Waals surface area contributed by atoms with E-state index in [-0.39, 0.29) is 76.5 Å². The van der Waals surface area contributed by atoms with Crippen molar-refractivity contribution in [3.63, 3.8) is 0 Å². The molecule has 0 atom stereocenters. The Hall–Kier alpha value is -1.25. The van der Waals surface area contributed by atoms with Crippen LogP contribution in [0, 0.1) is 33.6 Å². The fraction of sp³-hybridized carbons (Fsp3) is 0.182. The average Bonchev–Trinajstić information content (AvgIpc) is 2.67. The number of fused-ring (bicyclic) bond motifs is 1. The summed E-state index contributed by atoms with van der Waals surface area (Å²) in [4.78, 5) is 21.3. The molecule has 11 heteroatoms. The zero-order valence-corrected chi connectivity index (χ0v) is 16.2. The number of nitrogens with zero attached hydrogens (tertiary/aromatic N) is 4. The molecule has 0 bridgehead atoms. The summed E-state index contributed by atoms with van der Waals surface area (Å²) in [6, 6.07) is 0. The second kappa shape index (κ2) is 22.0. The smallest absolute Gasteiger partial charge is 0.693 e. The summed E-state index contributed by atoms with van der Waals surface area (Å²) in [6.45, 7) is 9.75. The normalized spacial score (nSPS) is 6.23. The number of nitrogens with two attached hydrogens (primary N) is 3. The Morgan fingerprint density at radius 3 is 2.14 bits per heavy atom. The molecule has 0 saturated carbocycles. The number of aromatic nitrogens is 4. The van der Waals surface area contributed by atoms with Crippen molar-refractivity contribution in [1.29, 1.82) is 5.26 Å². The van der Waals surface area contributed by atoms with Crippen LogP contribution in [0.3, 0.4) is 0 Å². The van der Waals surface area contributed by atoms with Crippen molar-refractivity contribution in [1.82, 2.24) is 19.5 Å². The van der Waals surface area contributed by atoms with Crippen molar-refractivity contribution in [2.24, 2.45) is 7.05 Å². The standard InChI is InChI=1S/C6H7N5O.C2H5.CN.2CH3.Co.2H2N.Pt/c1-11-2-8-3-4(11)9-6(7)10-5(3)12;2*1-2;;;;;;/h2H,1H3,(H3,7,9,10,12);1H2,2H3;;2*1H3;;2*1H2;/q;4*-1;;2*-1;+2. The molecule has 2 aromatic rings. The molecule has 0 spiro atoms. The molecule has 0 saturated heterocycles. The molecule has 0 aliphatic carbocycles. The Kier molecular flexibility index (Phi) is 42.9. The summed E-state index contributed by atoms with van der Waals surface area (Å²) in [6.07, 6.45) is 1.52. The van der Waals surface area contributed by atoms with Crippen molar-refractivity contribution in [3.8, 4) is 0 Å². The van der Waals surface area contributed by atoms with Crippen molar-refractivity contribution in [3.05, 3.63) is 57.3 Å². The predicted molar refractivity (Wildman–Crippen MR) is 82.9 cm³/mol. The molecule has 2 heterocycles. The number of nitrogens with one attached hydrogen (secondary N) is 1. The third-order valence-electron chi connectivity index (χ3n) is 1.59. The van der Waals surface area contributed by atoms with Crippen molar-refractivity contribution in [2.45, 2.75) is 6.92 Å². The van der Waals surface area contributed by atoms with Gasteiger partial charge in [-0.05, 0) is 0 Å². The van der Waals surface area contributed by atoms with Gasteiger partial charge in [0.2, 0.25) is 5.95 Å². The molecule has 0 aromatic carbocycles. The zero-order valence-electron chi connectivity index (χ0n) is 12.9. The Morgan fingerprint density at radius 2 is 1.73 bits per heavy atom. The number of aryl methyl sites for hydroxylation is 1. The Balaban J connectivity index is -0.0000000420. The quantitative estimate of drug-likeness (QED) is 0.490. The van der Waals surface area contributed by atoms with Gasteiger partial charge in [0.25, 0.3) is 5.56 Å². The SMILES string of the molecule is Cn1cnc2c(=O)[nH]c(N)nc21.[C-]#N.[CH2-]C.[CH3-].[CH3-].[Co].[NH2-].[NH2-].[Pt+2]. The van der Waals surface area contributed by atoms with Gasteiger partial charge in [-0.25, -0.2) is 4.98 Å². The molecule has 1 radical (unpaired) electrons. The van der Waals surface area contributed by atoms with Gasteiger partial charge in [0.05, 0.1) is 6.33 Å². The molecule has 2 rings (SSSR count). The van der Waals surface area contributed by atoms with Gasteiger partial charge in [-0.3, -0.25) is 9.78 Å². The van der Waals surface area contributed by atoms with Crippen LogP contribution in [0.25, 0.3) is 23.5 Å². The van der Waals surface area contributed by atoms with Crippen molar-refractivity contribution < 1.29 is 37.8 Å². The molecular formula is C11H22CoN8OPt-4. The van der Waals surface area contributed by atoms with E-state index >= 15 is 0 Å². The zero-order chi connectivity index (χ0) is 12.7. The maximum atomic E-state index is 11.2. The maximum Gasteiger partial charge on any atom is 2.00 e. The number of nitrogen functional groups attached to an aromatic ring is 1. The summed E-state index contributed by atoms with van der Waals surface area (Å²) < 4.78 is 1.64. The second-order valence-corrected chi connectivity index (χ2v) is 2.48. The van der Waals surface area contributed by atoms with E-state index in [4.69, 9.17) is 17.6 Å². The van der Waals surface area contributed by atoms with Crippen LogP contribution in [0.1, 0.15) is 6.92 Å². The molecule has 22 heavy (non-hydrogen) atoms. The predicted octanol–water partition coefficient (Wildman–Crippen LogP) is 2.51. The van der Waals surface area contributed by atoms with Crippen LogP contribution >= 0.6 is 0 Å². The Bertz CT molecular complexity index is 540. The van der Waals surface area contributed by atoms with Crippen molar-refractivity contribution >= 4 is 17.1 Å². The second-order valence-electron chi connectivity index (χ2n) is 2.48. The third kappa shape index (κ3) is 10.5. The first-order chi connectivity index (χ1) is 7.68. The van der Waals surface area contributed by atoms with Gasteiger partial charge in [-0.15, -0.1) is 0 Å². The van der Waals surface area contributed by atoms with Crippen LogP contribution < -0.4 is 11.3 Å². The minimum absolute atomic E-state index is 0. The van der Waals surface area contributed by atoms with E-state index in [0.29, 0.717) is 11.2 Å². The van der Waals surface area contributed by atoms with Gasteiger partial charge in [0.15, 0.2) is 11.2 Å². The number of hydrogen-bond acceptors (Lipinski definition) is 5. The summed E-state index contributed by atoms with van der Waals surface area (Å²) in [5, 5.41) is 6.25. The van der Waals surface area contributed by atoms with Gasteiger partial charge in [0, 0.05) is 23.8 Å². The van der Waals surface area contributed by atoms with Gasteiger partial charge in [-0.1, -0.05) is 0 Å². The summed E-state index contributed by atoms with van der Waals surface area (Å²) in [7, 11) is 1.75. The first-order valence-corrected chi connectivity index (χ1v) is 4.28. The number of aromatic amines is 1. The van der Waals surface area contributed by atoms with Crippen LogP contribution in [0.4, 0.5) is 5.95 Å². The van der Waals surface area contributed by atoms with Crippen LogP contribution in [0.15, 0.2) is 11.1 Å². The van der Waals surface area contributed by atoms with E-state index in [1.807, 2.05) is 0 Å². The first-order valence-electron chi connectivity index (χ1n) is 4.28. The van der Waals surface area contributed by atoms with Gasteiger partial charge < -0.3 is 56.2 Å². The van der Waals surface area contributed by atoms with E-state index < -0.39 is 0 Å². The van der Waals surface area contributed by atoms with Gasteiger partial charge in [-0.2, -0.15) is 11.9 Å². The number of anilines is 1. The number of hydrogen-bond donors (Lipinski definition) is 2. The van der Waals surface area contributed by atoms with Crippen LogP contribution in [-0.4, -0.2) is 19.5 Å². The van der Waals surface area contributed by atoms with Crippen molar-refractivity contribution in [2.75, 3.05) is 5.73 Å². The van der Waals surface area contributed by atoms with E-state index in [0.717, 1.165) is 0 Å². The van der Waals surface area contributed by atoms with E-state index in [1.54, 1.807) is 18.5 Å². The van der Waals surface area contributed by atoms with Crippen LogP contribution in [0.5, 0.6) is 0 Å². The minimum atomic E-state index is -0.307. The van der Waals surface area contributed by atoms with E-state index in [9.17, 15) is 4.79 Å².